The van der Waals surface area contributed by atoms with E-state index in [1.54, 1.807) is 26.1 Å². The molecule has 0 saturated heterocycles. The van der Waals surface area contributed by atoms with Crippen molar-refractivity contribution in [3.8, 4) is 0 Å². The van der Waals surface area contributed by atoms with Gasteiger partial charge in [-0.2, -0.15) is 0 Å². The number of carbonyl (C=O) groups is 2. The fraction of sp³-hybridized carbons (Fsp3) is 0.500. The van der Waals surface area contributed by atoms with E-state index in [4.69, 9.17) is 5.11 Å². The van der Waals surface area contributed by atoms with Gasteiger partial charge in [0.25, 0.3) is 5.56 Å². The fourth-order valence-electron chi connectivity index (χ4n) is 1.79. The Balaban J connectivity index is 2.73. The quantitative estimate of drug-likeness (QED) is 0.805. The van der Waals surface area contributed by atoms with Crippen LogP contribution in [-0.2, 0) is 16.1 Å². The van der Waals surface area contributed by atoms with Crippen LogP contribution in [0.2, 0.25) is 0 Å². The number of carboxylic acid groups (broad SMARTS) is 1. The van der Waals surface area contributed by atoms with Crippen LogP contribution in [0.3, 0.4) is 0 Å². The molecular weight excluding hydrogens is 260 g/mol. The molecule has 0 saturated carbocycles. The Morgan fingerprint density at radius 1 is 1.35 bits per heavy atom. The highest BCUT2D eigenvalue weighted by molar-refractivity contribution is 5.82. The maximum absolute atomic E-state index is 12.0. The van der Waals surface area contributed by atoms with Crippen molar-refractivity contribution in [1.82, 2.24) is 9.88 Å². The number of carbonyl (C=O) groups excluding carboxylic acids is 1. The summed E-state index contributed by atoms with van der Waals surface area (Å²) in [6, 6.07) is 3.19. The van der Waals surface area contributed by atoms with Gasteiger partial charge in [-0.25, -0.2) is 0 Å². The third-order valence-electron chi connectivity index (χ3n) is 2.94. The SMILES string of the molecule is Cc1ccc(=O)n(CC(C)(C)C(=O)NCCC(=O)O)c1. The van der Waals surface area contributed by atoms with Crippen molar-refractivity contribution >= 4 is 11.9 Å². The van der Waals surface area contributed by atoms with Gasteiger partial charge in [-0.1, -0.05) is 6.07 Å². The van der Waals surface area contributed by atoms with E-state index in [2.05, 4.69) is 5.32 Å². The number of nitrogens with one attached hydrogen (secondary N) is 1. The predicted molar refractivity (Wildman–Crippen MR) is 74.5 cm³/mol. The van der Waals surface area contributed by atoms with Crippen molar-refractivity contribution in [3.63, 3.8) is 0 Å². The minimum absolute atomic E-state index is 0.0836. The van der Waals surface area contributed by atoms with Gasteiger partial charge in [-0.05, 0) is 26.3 Å². The second-order valence-corrected chi connectivity index (χ2v) is 5.46. The number of carboxylic acids is 1. The monoisotopic (exact) mass is 280 g/mol. The molecule has 0 aromatic carbocycles. The lowest BCUT2D eigenvalue weighted by Gasteiger charge is -2.24. The van der Waals surface area contributed by atoms with Crippen LogP contribution in [0.5, 0.6) is 0 Å². The van der Waals surface area contributed by atoms with Gasteiger partial charge in [-0.15, -0.1) is 0 Å². The summed E-state index contributed by atoms with van der Waals surface area (Å²) in [4.78, 5) is 34.2. The van der Waals surface area contributed by atoms with E-state index in [1.165, 1.54) is 10.6 Å². The number of pyridine rings is 1. The lowest BCUT2D eigenvalue weighted by atomic mass is 9.92. The lowest BCUT2D eigenvalue weighted by molar-refractivity contribution is -0.137. The van der Waals surface area contributed by atoms with Gasteiger partial charge < -0.3 is 15.0 Å². The van der Waals surface area contributed by atoms with E-state index in [0.717, 1.165) is 5.56 Å². The third-order valence-corrected chi connectivity index (χ3v) is 2.94. The number of hydrogen-bond donors (Lipinski definition) is 2. The molecular formula is C14H20N2O4. The number of nitrogens with zero attached hydrogens (tertiary/aromatic N) is 1. The highest BCUT2D eigenvalue weighted by Crippen LogP contribution is 2.17. The molecule has 0 radical (unpaired) electrons. The summed E-state index contributed by atoms with van der Waals surface area (Å²) in [6.45, 7) is 5.64. The zero-order valence-corrected chi connectivity index (χ0v) is 12.0. The Bertz CT molecular complexity index is 561. The van der Waals surface area contributed by atoms with Crippen molar-refractivity contribution in [2.75, 3.05) is 6.54 Å². The molecule has 0 bridgehead atoms. The minimum Gasteiger partial charge on any atom is -0.481 e. The first kappa shape index (κ1) is 15.9. The molecule has 6 nitrogen and oxygen atoms in total. The number of rotatable bonds is 6. The first-order valence-corrected chi connectivity index (χ1v) is 6.39. The van der Waals surface area contributed by atoms with Crippen molar-refractivity contribution in [1.29, 1.82) is 0 Å². The van der Waals surface area contributed by atoms with E-state index in [9.17, 15) is 14.4 Å². The van der Waals surface area contributed by atoms with Gasteiger partial charge in [-0.3, -0.25) is 14.4 Å². The van der Waals surface area contributed by atoms with Gasteiger partial charge >= 0.3 is 5.97 Å². The van der Waals surface area contributed by atoms with Crippen LogP contribution >= 0.6 is 0 Å². The molecule has 6 heteroatoms. The molecule has 1 heterocycles. The van der Waals surface area contributed by atoms with E-state index < -0.39 is 11.4 Å². The van der Waals surface area contributed by atoms with Gasteiger partial charge in [0.15, 0.2) is 0 Å². The lowest BCUT2D eigenvalue weighted by Crippen LogP contribution is -2.42. The van der Waals surface area contributed by atoms with Crippen LogP contribution in [0.1, 0.15) is 25.8 Å². The molecule has 2 N–H and O–H groups in total. The Kier molecular flexibility index (Phi) is 5.07. The van der Waals surface area contributed by atoms with Crippen molar-refractivity contribution < 1.29 is 14.7 Å². The highest BCUT2D eigenvalue weighted by Gasteiger charge is 2.28. The summed E-state index contributed by atoms with van der Waals surface area (Å²) >= 11 is 0. The second kappa shape index (κ2) is 6.36. The summed E-state index contributed by atoms with van der Waals surface area (Å²) < 4.78 is 1.49. The van der Waals surface area contributed by atoms with Gasteiger partial charge in [0.1, 0.15) is 0 Å². The van der Waals surface area contributed by atoms with E-state index >= 15 is 0 Å². The second-order valence-electron chi connectivity index (χ2n) is 5.46. The van der Waals surface area contributed by atoms with Gasteiger partial charge in [0.2, 0.25) is 5.91 Å². The number of aryl methyl sites for hydroxylation is 1. The summed E-state index contributed by atoms with van der Waals surface area (Å²) in [5.74, 6) is -1.23. The Morgan fingerprint density at radius 2 is 2.00 bits per heavy atom. The average molecular weight is 280 g/mol. The molecule has 0 spiro atoms. The average Bonchev–Trinajstić information content (AvgIpc) is 2.33. The topological polar surface area (TPSA) is 88.4 Å². The van der Waals surface area contributed by atoms with Crippen LogP contribution in [0.15, 0.2) is 23.1 Å². The summed E-state index contributed by atoms with van der Waals surface area (Å²) in [6.07, 6.45) is 1.58. The maximum atomic E-state index is 12.0. The molecule has 0 aliphatic heterocycles. The number of hydrogen-bond acceptors (Lipinski definition) is 3. The number of aliphatic carboxylic acids is 1. The summed E-state index contributed by atoms with van der Waals surface area (Å²) in [7, 11) is 0. The predicted octanol–water partition coefficient (Wildman–Crippen LogP) is 0.774. The zero-order valence-electron chi connectivity index (χ0n) is 12.0. The zero-order chi connectivity index (χ0) is 15.3. The van der Waals surface area contributed by atoms with Crippen LogP contribution in [0.4, 0.5) is 0 Å². The van der Waals surface area contributed by atoms with Crippen LogP contribution in [0.25, 0.3) is 0 Å². The normalized spacial score (nSPS) is 11.2. The summed E-state index contributed by atoms with van der Waals surface area (Å²) in [5, 5.41) is 11.1. The Labute approximate surface area is 117 Å². The standard InChI is InChI=1S/C14H20N2O4/c1-10-4-5-11(17)16(8-10)9-14(2,3)13(20)15-7-6-12(18)19/h4-5,8H,6-7,9H2,1-3H3,(H,15,20)(H,18,19). The smallest absolute Gasteiger partial charge is 0.305 e. The fourth-order valence-corrected chi connectivity index (χ4v) is 1.79. The van der Waals surface area contributed by atoms with Crippen molar-refractivity contribution in [3.05, 3.63) is 34.2 Å². The molecule has 0 aliphatic carbocycles. The molecule has 0 aliphatic rings. The molecule has 0 atom stereocenters. The first-order chi connectivity index (χ1) is 9.22. The number of amides is 1. The largest absolute Gasteiger partial charge is 0.481 e. The molecule has 0 unspecified atom stereocenters. The third kappa shape index (κ3) is 4.53. The van der Waals surface area contributed by atoms with Gasteiger partial charge in [0, 0.05) is 25.4 Å². The van der Waals surface area contributed by atoms with Gasteiger partial charge in [0.05, 0.1) is 11.8 Å². The van der Waals surface area contributed by atoms with E-state index in [-0.39, 0.29) is 31.0 Å². The minimum atomic E-state index is -0.960. The highest BCUT2D eigenvalue weighted by atomic mass is 16.4. The Hall–Kier alpha value is -2.11. The molecule has 0 fully saturated rings. The molecule has 110 valence electrons. The molecule has 20 heavy (non-hydrogen) atoms. The molecule has 1 aromatic heterocycles. The summed E-state index contributed by atoms with van der Waals surface area (Å²) in [5.41, 5.74) is -0.0236. The molecule has 1 rings (SSSR count). The number of aromatic nitrogens is 1. The van der Waals surface area contributed by atoms with Crippen LogP contribution in [-0.4, -0.2) is 28.1 Å². The first-order valence-electron chi connectivity index (χ1n) is 6.39. The van der Waals surface area contributed by atoms with Crippen LogP contribution < -0.4 is 10.9 Å². The van der Waals surface area contributed by atoms with Crippen LogP contribution in [0, 0.1) is 12.3 Å². The van der Waals surface area contributed by atoms with E-state index in [0.29, 0.717) is 0 Å². The van der Waals surface area contributed by atoms with E-state index in [1.807, 2.05) is 6.92 Å². The maximum Gasteiger partial charge on any atom is 0.305 e. The molecule has 1 aromatic rings. The van der Waals surface area contributed by atoms with Crippen molar-refractivity contribution in [2.24, 2.45) is 5.41 Å². The Morgan fingerprint density at radius 3 is 2.60 bits per heavy atom. The van der Waals surface area contributed by atoms with Crippen molar-refractivity contribution in [2.45, 2.75) is 33.7 Å². The molecule has 1 amide bonds.